The minimum absolute atomic E-state index is 0.725. The number of nitrogens with zero attached hydrogens (tertiary/aromatic N) is 2. The molecule has 1 aromatic carbocycles. The predicted molar refractivity (Wildman–Crippen MR) is 92.9 cm³/mol. The average molecular weight is 348 g/mol. The molecular formula is C17H22BrN3. The first kappa shape index (κ1) is 14.8. The number of pyridine rings is 1. The molecule has 0 amide bonds. The summed E-state index contributed by atoms with van der Waals surface area (Å²) in [6.07, 6.45) is 4.53. The van der Waals surface area contributed by atoms with Crippen LogP contribution in [0.3, 0.4) is 0 Å². The van der Waals surface area contributed by atoms with Gasteiger partial charge in [-0.2, -0.15) is 0 Å². The largest absolute Gasteiger partial charge is 0.356 e. The first-order valence-electron chi connectivity index (χ1n) is 7.78. The third kappa shape index (κ3) is 3.22. The van der Waals surface area contributed by atoms with Crippen LogP contribution >= 0.6 is 15.9 Å². The van der Waals surface area contributed by atoms with Gasteiger partial charge in [0.25, 0.3) is 0 Å². The monoisotopic (exact) mass is 347 g/mol. The SMILES string of the molecule is CCN(CC1CCCNC1)c1nccc2c(Br)cccc12. The van der Waals surface area contributed by atoms with Crippen LogP contribution in [0.4, 0.5) is 5.82 Å². The van der Waals surface area contributed by atoms with E-state index in [1.165, 1.54) is 30.2 Å². The van der Waals surface area contributed by atoms with E-state index in [1.54, 1.807) is 0 Å². The smallest absolute Gasteiger partial charge is 0.136 e. The molecule has 3 nitrogen and oxygen atoms in total. The number of aromatic nitrogens is 1. The van der Waals surface area contributed by atoms with Crippen LogP contribution in [0.2, 0.25) is 0 Å². The average Bonchev–Trinajstić information content (AvgIpc) is 2.54. The van der Waals surface area contributed by atoms with Gasteiger partial charge in [-0.05, 0) is 50.9 Å². The number of fused-ring (bicyclic) bond motifs is 1. The van der Waals surface area contributed by atoms with Crippen LogP contribution in [0.1, 0.15) is 19.8 Å². The second kappa shape index (κ2) is 6.75. The van der Waals surface area contributed by atoms with Crippen molar-refractivity contribution in [3.05, 3.63) is 34.9 Å². The lowest BCUT2D eigenvalue weighted by molar-refractivity contribution is 0.377. The number of hydrogen-bond acceptors (Lipinski definition) is 3. The maximum absolute atomic E-state index is 4.67. The number of piperidine rings is 1. The summed E-state index contributed by atoms with van der Waals surface area (Å²) in [5.41, 5.74) is 0. The molecule has 1 atom stereocenters. The second-order valence-corrected chi connectivity index (χ2v) is 6.57. The van der Waals surface area contributed by atoms with Gasteiger partial charge >= 0.3 is 0 Å². The zero-order valence-corrected chi connectivity index (χ0v) is 14.1. The fourth-order valence-electron chi connectivity index (χ4n) is 3.16. The summed E-state index contributed by atoms with van der Waals surface area (Å²) in [6, 6.07) is 8.43. The summed E-state index contributed by atoms with van der Waals surface area (Å²) >= 11 is 3.64. The fraction of sp³-hybridized carbons (Fsp3) is 0.471. The molecule has 0 spiro atoms. The van der Waals surface area contributed by atoms with E-state index in [-0.39, 0.29) is 0 Å². The molecule has 0 bridgehead atoms. The van der Waals surface area contributed by atoms with Gasteiger partial charge in [-0.25, -0.2) is 4.98 Å². The Hall–Kier alpha value is -1.13. The van der Waals surface area contributed by atoms with Gasteiger partial charge in [0.1, 0.15) is 5.82 Å². The summed E-state index contributed by atoms with van der Waals surface area (Å²) < 4.78 is 1.14. The summed E-state index contributed by atoms with van der Waals surface area (Å²) in [7, 11) is 0. The minimum Gasteiger partial charge on any atom is -0.356 e. The minimum atomic E-state index is 0.725. The van der Waals surface area contributed by atoms with Gasteiger partial charge < -0.3 is 10.2 Å². The topological polar surface area (TPSA) is 28.2 Å². The van der Waals surface area contributed by atoms with E-state index in [4.69, 9.17) is 0 Å². The molecular weight excluding hydrogens is 326 g/mol. The number of benzene rings is 1. The number of halogens is 1. The number of nitrogens with one attached hydrogen (secondary N) is 1. The van der Waals surface area contributed by atoms with Gasteiger partial charge in [0.15, 0.2) is 0 Å². The van der Waals surface area contributed by atoms with Gasteiger partial charge in [-0.15, -0.1) is 0 Å². The zero-order valence-electron chi connectivity index (χ0n) is 12.5. The van der Waals surface area contributed by atoms with Crippen molar-refractivity contribution in [1.29, 1.82) is 0 Å². The van der Waals surface area contributed by atoms with Gasteiger partial charge in [0.05, 0.1) is 0 Å². The molecule has 1 aliphatic heterocycles. The standard InChI is InChI=1S/C17H22BrN3/c1-2-21(12-13-5-4-9-19-11-13)17-15-6-3-7-16(18)14(15)8-10-20-17/h3,6-8,10,13,19H,2,4-5,9,11-12H2,1H3. The molecule has 21 heavy (non-hydrogen) atoms. The molecule has 1 aliphatic rings. The molecule has 0 aliphatic carbocycles. The summed E-state index contributed by atoms with van der Waals surface area (Å²) in [5, 5.41) is 5.98. The van der Waals surface area contributed by atoms with E-state index < -0.39 is 0 Å². The normalized spacial score (nSPS) is 18.9. The molecule has 3 rings (SSSR count). The molecule has 0 saturated carbocycles. The molecule has 1 aromatic heterocycles. The molecule has 1 saturated heterocycles. The Labute approximate surface area is 134 Å². The van der Waals surface area contributed by atoms with Crippen LogP contribution in [-0.2, 0) is 0 Å². The Kier molecular flexibility index (Phi) is 4.76. The molecule has 4 heteroatoms. The van der Waals surface area contributed by atoms with Crippen LogP contribution in [0.25, 0.3) is 10.8 Å². The van der Waals surface area contributed by atoms with E-state index in [0.29, 0.717) is 0 Å². The van der Waals surface area contributed by atoms with Gasteiger partial charge in [0.2, 0.25) is 0 Å². The van der Waals surface area contributed by atoms with Crippen molar-refractivity contribution in [2.24, 2.45) is 5.92 Å². The molecule has 1 unspecified atom stereocenters. The van der Waals surface area contributed by atoms with E-state index >= 15 is 0 Å². The lowest BCUT2D eigenvalue weighted by atomic mass is 9.99. The lowest BCUT2D eigenvalue weighted by Crippen LogP contribution is -2.38. The Morgan fingerprint density at radius 2 is 2.24 bits per heavy atom. The molecule has 1 fully saturated rings. The highest BCUT2D eigenvalue weighted by Gasteiger charge is 2.18. The van der Waals surface area contributed by atoms with E-state index in [9.17, 15) is 0 Å². The highest BCUT2D eigenvalue weighted by molar-refractivity contribution is 9.10. The van der Waals surface area contributed by atoms with Gasteiger partial charge in [-0.1, -0.05) is 28.1 Å². The van der Waals surface area contributed by atoms with Crippen LogP contribution < -0.4 is 10.2 Å². The third-order valence-corrected chi connectivity index (χ3v) is 4.98. The molecule has 1 N–H and O–H groups in total. The maximum Gasteiger partial charge on any atom is 0.136 e. The van der Waals surface area contributed by atoms with Crippen molar-refractivity contribution in [2.75, 3.05) is 31.1 Å². The second-order valence-electron chi connectivity index (χ2n) is 5.72. The Morgan fingerprint density at radius 1 is 1.33 bits per heavy atom. The quantitative estimate of drug-likeness (QED) is 0.910. The van der Waals surface area contributed by atoms with Crippen molar-refractivity contribution in [2.45, 2.75) is 19.8 Å². The van der Waals surface area contributed by atoms with Crippen LogP contribution in [0, 0.1) is 5.92 Å². The first-order chi connectivity index (χ1) is 10.3. The van der Waals surface area contributed by atoms with E-state index in [1.807, 2.05) is 6.20 Å². The predicted octanol–water partition coefficient (Wildman–Crippen LogP) is 3.82. The van der Waals surface area contributed by atoms with Crippen LogP contribution in [-0.4, -0.2) is 31.2 Å². The van der Waals surface area contributed by atoms with Crippen molar-refractivity contribution >= 4 is 32.5 Å². The van der Waals surface area contributed by atoms with Crippen molar-refractivity contribution in [3.63, 3.8) is 0 Å². The Balaban J connectivity index is 1.91. The molecule has 0 radical (unpaired) electrons. The number of hydrogen-bond donors (Lipinski definition) is 1. The first-order valence-corrected chi connectivity index (χ1v) is 8.57. The van der Waals surface area contributed by atoms with Crippen molar-refractivity contribution < 1.29 is 0 Å². The summed E-state index contributed by atoms with van der Waals surface area (Å²) in [6.45, 7) is 6.60. The highest BCUT2D eigenvalue weighted by atomic mass is 79.9. The summed E-state index contributed by atoms with van der Waals surface area (Å²) in [4.78, 5) is 7.09. The molecule has 2 heterocycles. The zero-order chi connectivity index (χ0) is 14.7. The Morgan fingerprint density at radius 3 is 3.00 bits per heavy atom. The van der Waals surface area contributed by atoms with Crippen molar-refractivity contribution in [1.82, 2.24) is 10.3 Å². The maximum atomic E-state index is 4.67. The number of anilines is 1. The molecule has 112 valence electrons. The highest BCUT2D eigenvalue weighted by Crippen LogP contribution is 2.30. The van der Waals surface area contributed by atoms with Crippen LogP contribution in [0.15, 0.2) is 34.9 Å². The van der Waals surface area contributed by atoms with E-state index in [0.717, 1.165) is 35.8 Å². The fourth-order valence-corrected chi connectivity index (χ4v) is 3.66. The van der Waals surface area contributed by atoms with Crippen molar-refractivity contribution in [3.8, 4) is 0 Å². The van der Waals surface area contributed by atoms with Crippen LogP contribution in [0.5, 0.6) is 0 Å². The van der Waals surface area contributed by atoms with E-state index in [2.05, 4.69) is 62.3 Å². The summed E-state index contributed by atoms with van der Waals surface area (Å²) in [5.74, 6) is 1.84. The Bertz CT molecular complexity index is 608. The van der Waals surface area contributed by atoms with Gasteiger partial charge in [0, 0.05) is 34.5 Å². The van der Waals surface area contributed by atoms with Gasteiger partial charge in [-0.3, -0.25) is 0 Å². The third-order valence-electron chi connectivity index (χ3n) is 4.29. The number of rotatable bonds is 4. The molecule has 2 aromatic rings. The lowest BCUT2D eigenvalue weighted by Gasteiger charge is -2.30.